The predicted octanol–water partition coefficient (Wildman–Crippen LogP) is 3.51. The Morgan fingerprint density at radius 3 is 2.45 bits per heavy atom. The van der Waals surface area contributed by atoms with Crippen LogP contribution in [0.3, 0.4) is 0 Å². The number of aryl methyl sites for hydroxylation is 1. The molecular weight excluding hydrogens is 424 g/mol. The highest BCUT2D eigenvalue weighted by Gasteiger charge is 2.25. The molecule has 0 saturated heterocycles. The second kappa shape index (κ2) is 9.44. The van der Waals surface area contributed by atoms with E-state index in [9.17, 15) is 9.59 Å². The average Bonchev–Trinajstić information content (AvgIpc) is 3.44. The summed E-state index contributed by atoms with van der Waals surface area (Å²) in [5.74, 6) is 1.36. The van der Waals surface area contributed by atoms with Crippen LogP contribution in [0.15, 0.2) is 41.0 Å². The van der Waals surface area contributed by atoms with Crippen LogP contribution in [0.4, 0.5) is 0 Å². The van der Waals surface area contributed by atoms with Gasteiger partial charge in [0.2, 0.25) is 0 Å². The normalized spacial score (nSPS) is 12.9. The number of benzene rings is 1. The van der Waals surface area contributed by atoms with Crippen LogP contribution in [0.25, 0.3) is 0 Å². The van der Waals surface area contributed by atoms with Gasteiger partial charge in [-0.05, 0) is 61.7 Å². The molecule has 1 aromatic carbocycles. The van der Waals surface area contributed by atoms with Crippen LogP contribution in [0.1, 0.15) is 38.6 Å². The number of carbonyl (C=O) groups is 2. The number of methoxy groups -OCH3 is 2. The van der Waals surface area contributed by atoms with Crippen LogP contribution in [-0.4, -0.2) is 48.7 Å². The van der Waals surface area contributed by atoms with Crippen LogP contribution in [-0.2, 0) is 29.0 Å². The fourth-order valence-corrected chi connectivity index (χ4v) is 4.20. The van der Waals surface area contributed by atoms with E-state index < -0.39 is 5.97 Å². The lowest BCUT2D eigenvalue weighted by Crippen LogP contribution is -2.38. The third kappa shape index (κ3) is 4.60. The Morgan fingerprint density at radius 2 is 1.79 bits per heavy atom. The summed E-state index contributed by atoms with van der Waals surface area (Å²) in [6, 6.07) is 9.34. The molecule has 1 aliphatic rings. The van der Waals surface area contributed by atoms with Gasteiger partial charge in [0.25, 0.3) is 5.91 Å². The van der Waals surface area contributed by atoms with E-state index in [0.29, 0.717) is 43.1 Å². The number of aromatic nitrogens is 1. The van der Waals surface area contributed by atoms with Gasteiger partial charge >= 0.3 is 5.97 Å². The standard InChI is InChI=1S/C25H28N2O6/c1-16-10-21(17(2)27(16)14-20-6-5-9-32-20)25(29)33-15-24(28)26-8-7-18-11-22(30-3)23(31-4)12-19(18)13-26/h5-6,9-12H,7-8,13-15H2,1-4H3. The zero-order valence-electron chi connectivity index (χ0n) is 19.3. The fourth-order valence-electron chi connectivity index (χ4n) is 4.20. The highest BCUT2D eigenvalue weighted by molar-refractivity contribution is 5.92. The minimum atomic E-state index is -0.508. The Balaban J connectivity index is 1.39. The average molecular weight is 453 g/mol. The monoisotopic (exact) mass is 452 g/mol. The van der Waals surface area contributed by atoms with Crippen molar-refractivity contribution in [2.75, 3.05) is 27.4 Å². The van der Waals surface area contributed by atoms with Crippen LogP contribution >= 0.6 is 0 Å². The maximum atomic E-state index is 12.8. The molecule has 1 aliphatic heterocycles. The smallest absolute Gasteiger partial charge is 0.340 e. The van der Waals surface area contributed by atoms with Gasteiger partial charge in [0.05, 0.1) is 32.6 Å². The fraction of sp³-hybridized carbons (Fsp3) is 0.360. The number of rotatable bonds is 7. The van der Waals surface area contributed by atoms with Crippen LogP contribution in [0.5, 0.6) is 11.5 Å². The molecule has 0 N–H and O–H groups in total. The number of fused-ring (bicyclic) bond motifs is 1. The van der Waals surface area contributed by atoms with E-state index in [4.69, 9.17) is 18.6 Å². The van der Waals surface area contributed by atoms with E-state index in [0.717, 1.165) is 28.3 Å². The minimum Gasteiger partial charge on any atom is -0.493 e. The molecule has 0 saturated carbocycles. The van der Waals surface area contributed by atoms with Crippen molar-refractivity contribution in [3.63, 3.8) is 0 Å². The highest BCUT2D eigenvalue weighted by atomic mass is 16.5. The van der Waals surface area contributed by atoms with Gasteiger partial charge in [-0.1, -0.05) is 0 Å². The van der Waals surface area contributed by atoms with Crippen molar-refractivity contribution in [1.82, 2.24) is 9.47 Å². The Kier molecular flexibility index (Phi) is 6.44. The third-order valence-corrected chi connectivity index (χ3v) is 6.09. The summed E-state index contributed by atoms with van der Waals surface area (Å²) in [5, 5.41) is 0. The van der Waals surface area contributed by atoms with Gasteiger partial charge in [-0.3, -0.25) is 4.79 Å². The Bertz CT molecular complexity index is 1160. The summed E-state index contributed by atoms with van der Waals surface area (Å²) in [6.07, 6.45) is 2.32. The first-order valence-corrected chi connectivity index (χ1v) is 10.8. The molecule has 8 heteroatoms. The second-order valence-corrected chi connectivity index (χ2v) is 8.07. The molecule has 0 aliphatic carbocycles. The molecule has 8 nitrogen and oxygen atoms in total. The van der Waals surface area contributed by atoms with Gasteiger partial charge in [0.15, 0.2) is 18.1 Å². The van der Waals surface area contributed by atoms with E-state index >= 15 is 0 Å². The lowest BCUT2D eigenvalue weighted by atomic mass is 9.99. The summed E-state index contributed by atoms with van der Waals surface area (Å²) in [4.78, 5) is 27.2. The summed E-state index contributed by atoms with van der Waals surface area (Å²) >= 11 is 0. The Hall–Kier alpha value is -3.68. The van der Waals surface area contributed by atoms with Gasteiger partial charge in [0, 0.05) is 24.5 Å². The van der Waals surface area contributed by atoms with Gasteiger partial charge in [-0.15, -0.1) is 0 Å². The van der Waals surface area contributed by atoms with Crippen molar-refractivity contribution in [3.05, 3.63) is 70.4 Å². The number of amides is 1. The molecule has 3 aromatic rings. The van der Waals surface area contributed by atoms with Gasteiger partial charge in [0.1, 0.15) is 5.76 Å². The quantitative estimate of drug-likeness (QED) is 0.510. The molecule has 0 unspecified atom stereocenters. The number of ether oxygens (including phenoxy) is 3. The lowest BCUT2D eigenvalue weighted by Gasteiger charge is -2.29. The first-order chi connectivity index (χ1) is 15.9. The Morgan fingerprint density at radius 1 is 1.06 bits per heavy atom. The van der Waals surface area contributed by atoms with Crippen LogP contribution in [0, 0.1) is 13.8 Å². The van der Waals surface area contributed by atoms with Crippen molar-refractivity contribution in [1.29, 1.82) is 0 Å². The zero-order chi connectivity index (χ0) is 23.5. The van der Waals surface area contributed by atoms with Gasteiger partial charge < -0.3 is 28.1 Å². The number of hydrogen-bond acceptors (Lipinski definition) is 6. The molecule has 0 fully saturated rings. The van der Waals surface area contributed by atoms with Crippen LogP contribution in [0.2, 0.25) is 0 Å². The lowest BCUT2D eigenvalue weighted by molar-refractivity contribution is -0.135. The van der Waals surface area contributed by atoms with Crippen LogP contribution < -0.4 is 9.47 Å². The summed E-state index contributed by atoms with van der Waals surface area (Å²) in [5.41, 5.74) is 4.26. The number of esters is 1. The maximum absolute atomic E-state index is 12.8. The molecule has 1 amide bonds. The van der Waals surface area contributed by atoms with E-state index in [1.165, 1.54) is 0 Å². The van der Waals surface area contributed by atoms with Crippen molar-refractivity contribution in [2.24, 2.45) is 0 Å². The third-order valence-electron chi connectivity index (χ3n) is 6.09. The maximum Gasteiger partial charge on any atom is 0.340 e. The molecule has 4 rings (SSSR count). The molecule has 0 atom stereocenters. The van der Waals surface area contributed by atoms with E-state index in [-0.39, 0.29) is 12.5 Å². The Labute approximate surface area is 192 Å². The molecule has 0 radical (unpaired) electrons. The van der Waals surface area contributed by atoms with Crippen molar-refractivity contribution in [2.45, 2.75) is 33.4 Å². The predicted molar refractivity (Wildman–Crippen MR) is 121 cm³/mol. The van der Waals surface area contributed by atoms with E-state index in [1.807, 2.05) is 42.7 Å². The minimum absolute atomic E-state index is 0.229. The molecule has 0 bridgehead atoms. The summed E-state index contributed by atoms with van der Waals surface area (Å²) in [7, 11) is 3.19. The first-order valence-electron chi connectivity index (χ1n) is 10.8. The van der Waals surface area contributed by atoms with Gasteiger partial charge in [-0.2, -0.15) is 0 Å². The summed E-state index contributed by atoms with van der Waals surface area (Å²) in [6.45, 7) is 4.99. The van der Waals surface area contributed by atoms with Gasteiger partial charge in [-0.25, -0.2) is 4.79 Å². The van der Waals surface area contributed by atoms with Crippen molar-refractivity contribution < 1.29 is 28.2 Å². The molecule has 0 spiro atoms. The number of hydrogen-bond donors (Lipinski definition) is 0. The van der Waals surface area contributed by atoms with Crippen molar-refractivity contribution >= 4 is 11.9 Å². The largest absolute Gasteiger partial charge is 0.493 e. The SMILES string of the molecule is COc1cc2c(cc1OC)CN(C(=O)COC(=O)c1cc(C)n(Cc3ccco3)c1C)CC2. The number of carbonyl (C=O) groups excluding carboxylic acids is 2. The first kappa shape index (κ1) is 22.5. The van der Waals surface area contributed by atoms with E-state index in [1.54, 1.807) is 31.4 Å². The summed E-state index contributed by atoms with van der Waals surface area (Å²) < 4.78 is 23.5. The molecule has 3 heterocycles. The van der Waals surface area contributed by atoms with Crippen molar-refractivity contribution in [3.8, 4) is 11.5 Å². The zero-order valence-corrected chi connectivity index (χ0v) is 19.3. The molecule has 2 aromatic heterocycles. The number of furan rings is 1. The molecular formula is C25H28N2O6. The number of nitrogens with zero attached hydrogens (tertiary/aromatic N) is 2. The second-order valence-electron chi connectivity index (χ2n) is 8.07. The highest BCUT2D eigenvalue weighted by Crippen LogP contribution is 2.33. The molecule has 174 valence electrons. The molecule has 33 heavy (non-hydrogen) atoms. The van der Waals surface area contributed by atoms with E-state index in [2.05, 4.69) is 0 Å². The topological polar surface area (TPSA) is 83.1 Å².